The number of fused-ring (bicyclic) bond motifs is 1. The van der Waals surface area contributed by atoms with E-state index in [-0.39, 0.29) is 0 Å². The Kier molecular flexibility index (Phi) is 4.26. The van der Waals surface area contributed by atoms with E-state index in [0.717, 1.165) is 42.4 Å². The van der Waals surface area contributed by atoms with Gasteiger partial charge < -0.3 is 14.6 Å². The highest BCUT2D eigenvalue weighted by atomic mass is 32.1. The number of nitrogens with zero attached hydrogens (tertiary/aromatic N) is 3. The maximum atomic E-state index is 5.14. The van der Waals surface area contributed by atoms with E-state index >= 15 is 0 Å². The van der Waals surface area contributed by atoms with E-state index in [9.17, 15) is 0 Å². The molecule has 3 aromatic rings. The fourth-order valence-electron chi connectivity index (χ4n) is 2.41. The van der Waals surface area contributed by atoms with Crippen LogP contribution in [0.5, 0.6) is 0 Å². The van der Waals surface area contributed by atoms with Gasteiger partial charge in [0.25, 0.3) is 0 Å². The molecule has 3 heterocycles. The molecular weight excluding hydrogens is 284 g/mol. The third-order valence-electron chi connectivity index (χ3n) is 3.42. The number of anilines is 1. The monoisotopic (exact) mass is 304 g/mol. The van der Waals surface area contributed by atoms with E-state index in [1.165, 1.54) is 5.69 Å². The minimum atomic E-state index is 0.794. The first-order chi connectivity index (χ1) is 10.3. The Bertz CT molecular complexity index is 686. The molecule has 0 saturated carbocycles. The van der Waals surface area contributed by atoms with Crippen molar-refractivity contribution in [3.8, 4) is 0 Å². The van der Waals surface area contributed by atoms with Crippen LogP contribution in [-0.2, 0) is 13.1 Å². The number of hydrogen-bond donors (Lipinski definition) is 1. The molecule has 0 amide bonds. The van der Waals surface area contributed by atoms with E-state index in [1.807, 2.05) is 6.07 Å². The van der Waals surface area contributed by atoms with Gasteiger partial charge in [0.05, 0.1) is 18.2 Å². The Balaban J connectivity index is 1.85. The van der Waals surface area contributed by atoms with Crippen LogP contribution in [0.15, 0.2) is 34.6 Å². The lowest BCUT2D eigenvalue weighted by Crippen LogP contribution is -2.21. The van der Waals surface area contributed by atoms with Crippen LogP contribution in [0.2, 0.25) is 0 Å². The van der Waals surface area contributed by atoms with E-state index in [0.29, 0.717) is 0 Å². The van der Waals surface area contributed by atoms with Gasteiger partial charge in [0.15, 0.2) is 10.8 Å². The average molecular weight is 304 g/mol. The topological polar surface area (TPSA) is 45.7 Å². The molecule has 0 bridgehead atoms. The molecular formula is C15H20N4OS. The van der Waals surface area contributed by atoms with Crippen LogP contribution in [0.25, 0.3) is 4.96 Å². The van der Waals surface area contributed by atoms with Gasteiger partial charge in [-0.2, -0.15) is 0 Å². The Labute approximate surface area is 128 Å². The van der Waals surface area contributed by atoms with E-state index in [2.05, 4.69) is 40.2 Å². The van der Waals surface area contributed by atoms with Crippen LogP contribution < -0.4 is 10.2 Å². The molecule has 6 heteroatoms. The third kappa shape index (κ3) is 2.96. The van der Waals surface area contributed by atoms with Gasteiger partial charge in [0.1, 0.15) is 0 Å². The SMILES string of the molecule is CCCNCc1c(N(C)Cc2ccoc2)nc2sccn12. The van der Waals surface area contributed by atoms with Crippen LogP contribution in [0.3, 0.4) is 0 Å². The number of furan rings is 1. The van der Waals surface area contributed by atoms with E-state index < -0.39 is 0 Å². The number of thiazole rings is 1. The zero-order valence-corrected chi connectivity index (χ0v) is 13.2. The van der Waals surface area contributed by atoms with Crippen LogP contribution in [-0.4, -0.2) is 23.0 Å². The zero-order valence-electron chi connectivity index (χ0n) is 12.4. The lowest BCUT2D eigenvalue weighted by Gasteiger charge is -2.17. The normalized spacial score (nSPS) is 11.3. The highest BCUT2D eigenvalue weighted by Gasteiger charge is 2.16. The van der Waals surface area contributed by atoms with Crippen molar-refractivity contribution in [2.75, 3.05) is 18.5 Å². The first-order valence-electron chi connectivity index (χ1n) is 7.17. The van der Waals surface area contributed by atoms with Crippen molar-refractivity contribution in [2.24, 2.45) is 0 Å². The van der Waals surface area contributed by atoms with Crippen molar-refractivity contribution in [3.63, 3.8) is 0 Å². The van der Waals surface area contributed by atoms with Crippen molar-refractivity contribution in [2.45, 2.75) is 26.4 Å². The summed E-state index contributed by atoms with van der Waals surface area (Å²) in [6, 6.07) is 1.99. The Morgan fingerprint density at radius 1 is 1.48 bits per heavy atom. The van der Waals surface area contributed by atoms with Gasteiger partial charge in [-0.1, -0.05) is 6.92 Å². The van der Waals surface area contributed by atoms with Gasteiger partial charge in [-0.25, -0.2) is 4.98 Å². The molecule has 0 saturated heterocycles. The summed E-state index contributed by atoms with van der Waals surface area (Å²) in [4.78, 5) is 7.98. The second kappa shape index (κ2) is 6.32. The summed E-state index contributed by atoms with van der Waals surface area (Å²) in [5.41, 5.74) is 2.37. The summed E-state index contributed by atoms with van der Waals surface area (Å²) < 4.78 is 7.32. The number of hydrogen-bond acceptors (Lipinski definition) is 5. The maximum absolute atomic E-state index is 5.14. The minimum absolute atomic E-state index is 0.794. The molecule has 3 rings (SSSR count). The molecule has 0 aliphatic carbocycles. The Morgan fingerprint density at radius 2 is 2.38 bits per heavy atom. The molecule has 0 aliphatic rings. The molecule has 21 heavy (non-hydrogen) atoms. The van der Waals surface area contributed by atoms with E-state index in [4.69, 9.17) is 9.40 Å². The van der Waals surface area contributed by atoms with Gasteiger partial charge in [0, 0.05) is 37.3 Å². The zero-order chi connectivity index (χ0) is 14.7. The Morgan fingerprint density at radius 3 is 3.14 bits per heavy atom. The molecule has 0 unspecified atom stereocenters. The van der Waals surface area contributed by atoms with Gasteiger partial charge >= 0.3 is 0 Å². The molecule has 0 atom stereocenters. The number of nitrogens with one attached hydrogen (secondary N) is 1. The van der Waals surface area contributed by atoms with Crippen LogP contribution in [0.1, 0.15) is 24.6 Å². The number of aromatic nitrogens is 2. The molecule has 0 radical (unpaired) electrons. The molecule has 0 aromatic carbocycles. The summed E-state index contributed by atoms with van der Waals surface area (Å²) in [6.07, 6.45) is 6.71. The largest absolute Gasteiger partial charge is 0.472 e. The molecule has 5 nitrogen and oxygen atoms in total. The molecule has 0 fully saturated rings. The predicted molar refractivity (Wildman–Crippen MR) is 85.9 cm³/mol. The first kappa shape index (κ1) is 14.2. The van der Waals surface area contributed by atoms with E-state index in [1.54, 1.807) is 23.9 Å². The summed E-state index contributed by atoms with van der Waals surface area (Å²) in [7, 11) is 2.07. The molecule has 0 spiro atoms. The van der Waals surface area contributed by atoms with Gasteiger partial charge in [-0.05, 0) is 19.0 Å². The van der Waals surface area contributed by atoms with Crippen LogP contribution in [0, 0.1) is 0 Å². The van der Waals surface area contributed by atoms with Gasteiger partial charge in [-0.15, -0.1) is 11.3 Å². The lowest BCUT2D eigenvalue weighted by atomic mass is 10.3. The summed E-state index contributed by atoms with van der Waals surface area (Å²) in [5, 5.41) is 5.55. The molecule has 3 aromatic heterocycles. The predicted octanol–water partition coefficient (Wildman–Crippen LogP) is 3.12. The smallest absolute Gasteiger partial charge is 0.195 e. The van der Waals surface area contributed by atoms with Gasteiger partial charge in [0.2, 0.25) is 0 Å². The summed E-state index contributed by atoms with van der Waals surface area (Å²) >= 11 is 1.67. The van der Waals surface area contributed by atoms with Gasteiger partial charge in [-0.3, -0.25) is 4.40 Å². The molecule has 0 aliphatic heterocycles. The summed E-state index contributed by atoms with van der Waals surface area (Å²) in [5.74, 6) is 1.03. The lowest BCUT2D eigenvalue weighted by molar-refractivity contribution is 0.563. The van der Waals surface area contributed by atoms with Crippen molar-refractivity contribution in [1.82, 2.24) is 14.7 Å². The highest BCUT2D eigenvalue weighted by Crippen LogP contribution is 2.25. The average Bonchev–Trinajstić information content (AvgIpc) is 3.16. The third-order valence-corrected chi connectivity index (χ3v) is 4.18. The maximum Gasteiger partial charge on any atom is 0.195 e. The summed E-state index contributed by atoms with van der Waals surface area (Å²) in [6.45, 7) is 4.82. The number of rotatable bonds is 7. The molecule has 1 N–H and O–H groups in total. The standard InChI is InChI=1S/C15H20N4OS/c1-3-5-16-9-13-14(17-15-19(13)6-8-21-15)18(2)10-12-4-7-20-11-12/h4,6-8,11,16H,3,5,9-10H2,1-2H3. The second-order valence-corrected chi connectivity index (χ2v) is 5.98. The first-order valence-corrected chi connectivity index (χ1v) is 8.05. The van der Waals surface area contributed by atoms with Crippen molar-refractivity contribution < 1.29 is 4.42 Å². The quantitative estimate of drug-likeness (QED) is 0.681. The number of imidazole rings is 1. The van der Waals surface area contributed by atoms with Crippen molar-refractivity contribution in [1.29, 1.82) is 0 Å². The fraction of sp³-hybridized carbons (Fsp3) is 0.400. The molecule has 112 valence electrons. The Hall–Kier alpha value is -1.79. The van der Waals surface area contributed by atoms with Crippen LogP contribution >= 0.6 is 11.3 Å². The minimum Gasteiger partial charge on any atom is -0.472 e. The highest BCUT2D eigenvalue weighted by molar-refractivity contribution is 7.15. The van der Waals surface area contributed by atoms with Crippen molar-refractivity contribution in [3.05, 3.63) is 41.4 Å². The van der Waals surface area contributed by atoms with Crippen LogP contribution in [0.4, 0.5) is 5.82 Å². The fourth-order valence-corrected chi connectivity index (χ4v) is 3.13. The second-order valence-electron chi connectivity index (χ2n) is 5.10. The van der Waals surface area contributed by atoms with Crippen molar-refractivity contribution >= 4 is 22.1 Å².